The molecule has 0 unspecified atom stereocenters. The fourth-order valence-electron chi connectivity index (χ4n) is 0. The molecular weight excluding hydrogens is 48.0 g/mol. The van der Waals surface area contributed by atoms with Crippen molar-refractivity contribution >= 4 is 0 Å². The summed E-state index contributed by atoms with van der Waals surface area (Å²) in [4.78, 5) is 0. The lowest BCUT2D eigenvalue weighted by molar-refractivity contribution is 2.50. The van der Waals surface area contributed by atoms with Gasteiger partial charge in [-0.05, 0) is 0 Å². The molecule has 0 radical (unpaired) electrons. The second-order valence-corrected chi connectivity index (χ2v) is 0. The molecule has 0 aromatic rings. The molecule has 0 heteroatoms. The zero-order valence-corrected chi connectivity index (χ0v) is 0. The average molecular weight is 74.2 g/mol. The topological polar surface area (TPSA) is 0 Å². The fraction of sp³-hybridized carbons (Fsp3) is 1.00. The summed E-state index contributed by atoms with van der Waals surface area (Å²) in [6.45, 7) is 0. The smallest absolute Gasteiger partial charge is 0 e. The Morgan fingerprint density at radius 3 is 0.750 bits per heavy atom. The Labute approximate surface area is 35.4 Å². The van der Waals surface area contributed by atoms with E-state index in [1.165, 1.54) is 0 Å². The van der Waals surface area contributed by atoms with Crippen LogP contribution in [0.1, 0.15) is 34.1 Å². The molecule has 0 aromatic heterocycles. The Balaban J connectivity index is -0.000000000500. The van der Waals surface area contributed by atoms with E-state index >= 15 is 0 Å². The van der Waals surface area contributed by atoms with E-state index in [-0.39, 0.29) is 31.1 Å². The number of hydrogen-bond acceptors (Lipinski definition) is 0. The molecule has 0 nitrogen and oxygen atoms in total. The SMILES string of the molecule is C.C.C.C.[3HH].[3H][3H]. The van der Waals surface area contributed by atoms with Gasteiger partial charge in [-0.3, -0.25) is 0 Å². The Hall–Kier alpha value is 0. The van der Waals surface area contributed by atoms with Gasteiger partial charge in [-0.15, -0.1) is 0 Å². The first-order valence-corrected chi connectivity index (χ1v) is 0. The summed E-state index contributed by atoms with van der Waals surface area (Å²) in [5.41, 5.74) is 0. The van der Waals surface area contributed by atoms with Gasteiger partial charge < -0.3 is 0 Å². The second kappa shape index (κ2) is 0. The van der Waals surface area contributed by atoms with Crippen molar-refractivity contribution in [3.63, 3.8) is 0 Å². The highest BCUT2D eigenvalue weighted by molar-refractivity contribution is 2.51. The first kappa shape index (κ1) is 36.0. The molecule has 0 saturated heterocycles. The van der Waals surface area contributed by atoms with Crippen LogP contribution in [0.2, 0.25) is 0 Å². The van der Waals surface area contributed by atoms with Crippen molar-refractivity contribution in [2.24, 2.45) is 0 Å². The van der Waals surface area contributed by atoms with Crippen molar-refractivity contribution in [2.75, 3.05) is 0 Å². The van der Waals surface area contributed by atoms with E-state index in [9.17, 15) is 0 Å². The molecule has 0 spiro atoms. The molecule has 0 atom stereocenters. The summed E-state index contributed by atoms with van der Waals surface area (Å²) in [7, 11) is 0. The van der Waals surface area contributed by atoms with E-state index in [0.717, 1.165) is 0 Å². The predicted octanol–water partition coefficient (Wildman–Crippen LogP) is 3.04. The monoisotopic (exact) mass is 74.2 g/mol. The van der Waals surface area contributed by atoms with Crippen LogP contribution in [0.15, 0.2) is 0 Å². The van der Waals surface area contributed by atoms with Crippen LogP contribution >= 0.6 is 0 Å². The lowest BCUT2D eigenvalue weighted by atomic mass is 12.0. The average Bonchev–Trinajstić information content (AvgIpc) is 1.00. The van der Waals surface area contributed by atoms with Crippen LogP contribution in [0.3, 0.4) is 0 Å². The van der Waals surface area contributed by atoms with Gasteiger partial charge in [-0.1, -0.05) is 29.7 Å². The summed E-state index contributed by atoms with van der Waals surface area (Å²) >= 11 is 0. The standard InChI is InChI=1S/4CH4.2H2/h4*1H4;2*1H/i;;;;1+2T;1+2. The molecule has 0 aliphatic carbocycles. The van der Waals surface area contributed by atoms with E-state index in [4.69, 9.17) is 2.97 Å². The Morgan fingerprint density at radius 1 is 0.750 bits per heavy atom. The van der Waals surface area contributed by atoms with Crippen LogP contribution in [-0.4, -0.2) is 0 Å². The molecule has 0 amide bonds. The first-order chi connectivity index (χ1) is 1.00. The highest BCUT2D eigenvalue weighted by atomic mass is 12.0. The lowest BCUT2D eigenvalue weighted by Crippen LogP contribution is 0.143. The number of rotatable bonds is 0. The van der Waals surface area contributed by atoms with E-state index in [0.29, 0.717) is 0 Å². The highest BCUT2D eigenvalue weighted by Gasteiger charge is -0.0746. The van der Waals surface area contributed by atoms with Crippen molar-refractivity contribution in [3.05, 3.63) is 0 Å². The van der Waals surface area contributed by atoms with Crippen molar-refractivity contribution in [1.29, 1.82) is 0 Å². The molecule has 0 heterocycles. The van der Waals surface area contributed by atoms with Gasteiger partial charge in [0, 0.05) is 4.40 Å². The number of hydrogen-bond donors (Lipinski definition) is 0. The summed E-state index contributed by atoms with van der Waals surface area (Å²) in [5.74, 6) is 0. The minimum atomic E-state index is 0. The van der Waals surface area contributed by atoms with Crippen LogP contribution in [0, 0.1) is 0 Å². The van der Waals surface area contributed by atoms with Gasteiger partial charge in [0.15, 0.2) is 0 Å². The van der Waals surface area contributed by atoms with Crippen molar-refractivity contribution in [3.8, 4) is 0 Å². The third-order valence-corrected chi connectivity index (χ3v) is 0. The minimum Gasteiger partial charge on any atom is -0.0776 e. The quantitative estimate of drug-likeness (QED) is 0.414. The van der Waals surface area contributed by atoms with Gasteiger partial charge in [-0.2, -0.15) is 0 Å². The van der Waals surface area contributed by atoms with Crippen molar-refractivity contribution in [1.82, 2.24) is 0 Å². The summed E-state index contributed by atoms with van der Waals surface area (Å²) < 4.78 is 10.0. The van der Waals surface area contributed by atoms with E-state index in [1.807, 2.05) is 0 Å². The first-order valence-electron chi connectivity index (χ1n) is 1.00. The lowest BCUT2D eigenvalue weighted by Gasteiger charge is -0.0786. The van der Waals surface area contributed by atoms with Crippen LogP contribution in [0.4, 0.5) is 0 Å². The normalized spacial score (nSPS) is 2.00. The van der Waals surface area contributed by atoms with Crippen LogP contribution in [0.5, 0.6) is 0 Å². The minimum absolute atomic E-state index is 0. The maximum absolute atomic E-state index is 5.00. The second-order valence-electron chi connectivity index (χ2n) is 0. The molecule has 0 rings (SSSR count). The Kier molecular flexibility index (Phi) is 0. The van der Waals surface area contributed by atoms with Crippen LogP contribution in [0.25, 0.3) is 0 Å². The van der Waals surface area contributed by atoms with Gasteiger partial charge in [-0.25, -0.2) is 0 Å². The Morgan fingerprint density at radius 2 is 0.750 bits per heavy atom. The largest absolute Gasteiger partial charge is 0.0776 e. The fourth-order valence-corrected chi connectivity index (χ4v) is 0. The van der Waals surface area contributed by atoms with Crippen LogP contribution in [-0.2, 0) is 0 Å². The maximum atomic E-state index is 5.00. The van der Waals surface area contributed by atoms with Gasteiger partial charge in [0.05, 0.1) is 0 Å². The molecule has 4 heavy (non-hydrogen) atoms. The molecular formula is C4H20. The van der Waals surface area contributed by atoms with E-state index in [1.54, 1.807) is 0 Å². The summed E-state index contributed by atoms with van der Waals surface area (Å²) in [5, 5.41) is 0. The molecule has 0 aliphatic heterocycles. The van der Waals surface area contributed by atoms with Gasteiger partial charge >= 0.3 is 0 Å². The van der Waals surface area contributed by atoms with Crippen molar-refractivity contribution in [2.45, 2.75) is 29.7 Å². The van der Waals surface area contributed by atoms with Crippen molar-refractivity contribution < 1.29 is 4.40 Å². The predicted molar refractivity (Wildman–Crippen MR) is 31.2 cm³/mol. The third kappa shape index (κ3) is 0. The molecule has 0 fully saturated rings. The molecule has 0 aliphatic rings. The Bertz CT molecular complexity index is 6.90. The third-order valence-electron chi connectivity index (χ3n) is 0. The van der Waals surface area contributed by atoms with E-state index < -0.39 is 0 Å². The molecule has 0 saturated carbocycles. The van der Waals surface area contributed by atoms with Crippen LogP contribution < -0.4 is 0 Å². The van der Waals surface area contributed by atoms with E-state index in [2.05, 4.69) is 0 Å². The summed E-state index contributed by atoms with van der Waals surface area (Å²) in [6.07, 6.45) is 0. The van der Waals surface area contributed by atoms with Gasteiger partial charge in [0.2, 0.25) is 0 Å². The molecule has 36 valence electrons. The van der Waals surface area contributed by atoms with Gasteiger partial charge in [0.25, 0.3) is 0 Å². The zero-order valence-electron chi connectivity index (χ0n) is 2.00. The summed E-state index contributed by atoms with van der Waals surface area (Å²) in [6, 6.07) is 0. The maximum Gasteiger partial charge on any atom is 0 e. The van der Waals surface area contributed by atoms with Gasteiger partial charge in [0.1, 0.15) is 0 Å². The zero-order chi connectivity index (χ0) is 2.00. The molecule has 0 bridgehead atoms. The molecule has 0 N–H and O–H groups in total. The molecule has 0 aromatic carbocycles. The highest BCUT2D eigenvalue weighted by Crippen LogP contribution is 0.147.